The van der Waals surface area contributed by atoms with Crippen molar-refractivity contribution in [2.45, 2.75) is 33.3 Å². The van der Waals surface area contributed by atoms with Crippen molar-refractivity contribution in [3.8, 4) is 11.9 Å². The van der Waals surface area contributed by atoms with Crippen LogP contribution in [0.2, 0.25) is 0 Å². The van der Waals surface area contributed by atoms with Gasteiger partial charge in [-0.25, -0.2) is 4.98 Å². The van der Waals surface area contributed by atoms with Gasteiger partial charge in [0.05, 0.1) is 6.10 Å². The molecule has 96 valence electrons. The third-order valence-electron chi connectivity index (χ3n) is 1.90. The highest BCUT2D eigenvalue weighted by atomic mass is 16.5. The molecule has 0 bridgehead atoms. The first-order chi connectivity index (χ1) is 8.22. The lowest BCUT2D eigenvalue weighted by Gasteiger charge is -2.09. The second kappa shape index (κ2) is 7.84. The van der Waals surface area contributed by atoms with Crippen LogP contribution in [0.4, 0.5) is 0 Å². The number of nitrogens with zero attached hydrogens (tertiary/aromatic N) is 2. The standard InChI is InChI=1S/C12H21N3O2/c1-4-6-13-8-9-16-12-14-7-5-11(15-12)17-10(2)3/h5,7,10,13H,4,6,8-9H2,1-3H3. The van der Waals surface area contributed by atoms with Crippen LogP contribution in [0, 0.1) is 0 Å². The highest BCUT2D eigenvalue weighted by Crippen LogP contribution is 2.11. The first-order valence-corrected chi connectivity index (χ1v) is 6.05. The fraction of sp³-hybridized carbons (Fsp3) is 0.667. The third-order valence-corrected chi connectivity index (χ3v) is 1.90. The molecule has 5 heteroatoms. The summed E-state index contributed by atoms with van der Waals surface area (Å²) in [6.45, 7) is 8.40. The van der Waals surface area contributed by atoms with Crippen LogP contribution in [0.1, 0.15) is 27.2 Å². The van der Waals surface area contributed by atoms with Crippen molar-refractivity contribution >= 4 is 0 Å². The van der Waals surface area contributed by atoms with Gasteiger partial charge in [-0.05, 0) is 26.8 Å². The van der Waals surface area contributed by atoms with Crippen molar-refractivity contribution < 1.29 is 9.47 Å². The van der Waals surface area contributed by atoms with E-state index in [-0.39, 0.29) is 6.10 Å². The summed E-state index contributed by atoms with van der Waals surface area (Å²) in [6, 6.07) is 2.09. The maximum Gasteiger partial charge on any atom is 0.319 e. The predicted octanol–water partition coefficient (Wildman–Crippen LogP) is 1.64. The molecule has 1 N–H and O–H groups in total. The number of rotatable bonds is 8. The molecule has 0 fully saturated rings. The van der Waals surface area contributed by atoms with Crippen molar-refractivity contribution in [2.75, 3.05) is 19.7 Å². The van der Waals surface area contributed by atoms with Crippen LogP contribution < -0.4 is 14.8 Å². The number of hydrogen-bond acceptors (Lipinski definition) is 5. The molecule has 0 spiro atoms. The second-order valence-electron chi connectivity index (χ2n) is 3.94. The molecule has 17 heavy (non-hydrogen) atoms. The van der Waals surface area contributed by atoms with Gasteiger partial charge in [0.25, 0.3) is 0 Å². The van der Waals surface area contributed by atoms with Gasteiger partial charge in [-0.15, -0.1) is 0 Å². The van der Waals surface area contributed by atoms with Gasteiger partial charge < -0.3 is 14.8 Å². The molecule has 0 saturated heterocycles. The van der Waals surface area contributed by atoms with E-state index in [1.165, 1.54) is 0 Å². The van der Waals surface area contributed by atoms with E-state index in [0.29, 0.717) is 18.5 Å². The second-order valence-corrected chi connectivity index (χ2v) is 3.94. The number of nitrogens with one attached hydrogen (secondary N) is 1. The van der Waals surface area contributed by atoms with E-state index in [1.54, 1.807) is 12.3 Å². The van der Waals surface area contributed by atoms with E-state index in [9.17, 15) is 0 Å². The maximum atomic E-state index is 5.45. The summed E-state index contributed by atoms with van der Waals surface area (Å²) >= 11 is 0. The fourth-order valence-corrected chi connectivity index (χ4v) is 1.22. The zero-order valence-corrected chi connectivity index (χ0v) is 10.8. The van der Waals surface area contributed by atoms with Crippen LogP contribution in [0.25, 0.3) is 0 Å². The summed E-state index contributed by atoms with van der Waals surface area (Å²) in [5.41, 5.74) is 0. The largest absolute Gasteiger partial charge is 0.475 e. The quantitative estimate of drug-likeness (QED) is 0.699. The van der Waals surface area contributed by atoms with E-state index in [2.05, 4.69) is 22.2 Å². The van der Waals surface area contributed by atoms with E-state index < -0.39 is 0 Å². The van der Waals surface area contributed by atoms with Crippen molar-refractivity contribution in [3.63, 3.8) is 0 Å². The Hall–Kier alpha value is -1.36. The first-order valence-electron chi connectivity index (χ1n) is 6.05. The predicted molar refractivity (Wildman–Crippen MR) is 66.5 cm³/mol. The van der Waals surface area contributed by atoms with Crippen LogP contribution in [-0.4, -0.2) is 35.8 Å². The van der Waals surface area contributed by atoms with E-state index in [4.69, 9.17) is 9.47 Å². The van der Waals surface area contributed by atoms with Crippen LogP contribution in [-0.2, 0) is 0 Å². The average Bonchev–Trinajstić information content (AvgIpc) is 2.28. The van der Waals surface area contributed by atoms with Crippen molar-refractivity contribution in [3.05, 3.63) is 12.3 Å². The van der Waals surface area contributed by atoms with Gasteiger partial charge in [-0.2, -0.15) is 4.98 Å². The minimum absolute atomic E-state index is 0.101. The summed E-state index contributed by atoms with van der Waals surface area (Å²) in [4.78, 5) is 8.17. The molecule has 1 aromatic rings. The zero-order chi connectivity index (χ0) is 12.5. The summed E-state index contributed by atoms with van der Waals surface area (Å²) in [5.74, 6) is 0.548. The molecule has 0 saturated carbocycles. The molecule has 0 radical (unpaired) electrons. The molecule has 0 aliphatic heterocycles. The van der Waals surface area contributed by atoms with Crippen LogP contribution >= 0.6 is 0 Å². The first kappa shape index (κ1) is 13.7. The summed E-state index contributed by atoms with van der Waals surface area (Å²) < 4.78 is 10.9. The highest BCUT2D eigenvalue weighted by Gasteiger charge is 2.02. The molecule has 0 aliphatic carbocycles. The lowest BCUT2D eigenvalue weighted by molar-refractivity contribution is 0.223. The Morgan fingerprint density at radius 1 is 1.35 bits per heavy atom. The smallest absolute Gasteiger partial charge is 0.319 e. The van der Waals surface area contributed by atoms with Crippen molar-refractivity contribution in [2.24, 2.45) is 0 Å². The van der Waals surface area contributed by atoms with Crippen LogP contribution in [0.5, 0.6) is 11.9 Å². The van der Waals surface area contributed by atoms with Crippen molar-refractivity contribution in [1.29, 1.82) is 0 Å². The maximum absolute atomic E-state index is 5.45. The van der Waals surface area contributed by atoms with Gasteiger partial charge in [0.15, 0.2) is 0 Å². The molecule has 0 atom stereocenters. The summed E-state index contributed by atoms with van der Waals surface area (Å²) in [6.07, 6.45) is 2.86. The molecular formula is C12H21N3O2. The highest BCUT2D eigenvalue weighted by molar-refractivity contribution is 5.11. The number of ether oxygens (including phenoxy) is 2. The third kappa shape index (κ3) is 6.06. The molecule has 1 heterocycles. The van der Waals surface area contributed by atoms with Crippen LogP contribution in [0.15, 0.2) is 12.3 Å². The Balaban J connectivity index is 2.32. The Morgan fingerprint density at radius 3 is 2.88 bits per heavy atom. The molecule has 0 aromatic carbocycles. The van der Waals surface area contributed by atoms with Gasteiger partial charge in [0.1, 0.15) is 6.61 Å². The van der Waals surface area contributed by atoms with E-state index in [1.807, 2.05) is 13.8 Å². The van der Waals surface area contributed by atoms with Gasteiger partial charge in [-0.1, -0.05) is 6.92 Å². The molecule has 0 unspecified atom stereocenters. The molecule has 0 aliphatic rings. The summed E-state index contributed by atoms with van der Waals surface area (Å²) in [5, 5.41) is 3.24. The molecule has 1 rings (SSSR count). The average molecular weight is 239 g/mol. The topological polar surface area (TPSA) is 56.3 Å². The Morgan fingerprint density at radius 2 is 2.18 bits per heavy atom. The van der Waals surface area contributed by atoms with Gasteiger partial charge in [0, 0.05) is 18.8 Å². The molecule has 1 aromatic heterocycles. The Bertz CT molecular complexity index is 318. The normalized spacial score (nSPS) is 10.6. The van der Waals surface area contributed by atoms with Crippen molar-refractivity contribution in [1.82, 2.24) is 15.3 Å². The molecular weight excluding hydrogens is 218 g/mol. The zero-order valence-electron chi connectivity index (χ0n) is 10.8. The minimum Gasteiger partial charge on any atom is -0.475 e. The number of hydrogen-bond donors (Lipinski definition) is 1. The minimum atomic E-state index is 0.101. The molecule has 0 amide bonds. The van der Waals surface area contributed by atoms with Gasteiger partial charge in [-0.3, -0.25) is 0 Å². The summed E-state index contributed by atoms with van der Waals surface area (Å²) in [7, 11) is 0. The Kier molecular flexibility index (Phi) is 6.32. The monoisotopic (exact) mass is 239 g/mol. The number of aromatic nitrogens is 2. The Labute approximate surface area is 103 Å². The van der Waals surface area contributed by atoms with Gasteiger partial charge >= 0.3 is 6.01 Å². The van der Waals surface area contributed by atoms with E-state index >= 15 is 0 Å². The van der Waals surface area contributed by atoms with Gasteiger partial charge in [0.2, 0.25) is 5.88 Å². The fourth-order valence-electron chi connectivity index (χ4n) is 1.22. The lowest BCUT2D eigenvalue weighted by atomic mass is 10.5. The van der Waals surface area contributed by atoms with E-state index in [0.717, 1.165) is 19.5 Å². The lowest BCUT2D eigenvalue weighted by Crippen LogP contribution is -2.22. The van der Waals surface area contributed by atoms with Crippen LogP contribution in [0.3, 0.4) is 0 Å². The molecule has 5 nitrogen and oxygen atoms in total. The SMILES string of the molecule is CCCNCCOc1nccc(OC(C)C)n1.